The van der Waals surface area contributed by atoms with E-state index in [0.29, 0.717) is 38.9 Å². The first-order chi connectivity index (χ1) is 18.9. The Bertz CT molecular complexity index is 1740. The van der Waals surface area contributed by atoms with Gasteiger partial charge in [0.05, 0.1) is 29.1 Å². The van der Waals surface area contributed by atoms with Gasteiger partial charge in [0.2, 0.25) is 5.43 Å². The Labute approximate surface area is 231 Å². The van der Waals surface area contributed by atoms with Crippen molar-refractivity contribution in [3.8, 4) is 11.5 Å². The second kappa shape index (κ2) is 9.62. The van der Waals surface area contributed by atoms with Crippen LogP contribution in [-0.4, -0.2) is 73.6 Å². The average molecular weight is 548 g/mol. The van der Waals surface area contributed by atoms with Gasteiger partial charge in [-0.1, -0.05) is 24.3 Å². The zero-order chi connectivity index (χ0) is 29.1. The van der Waals surface area contributed by atoms with Gasteiger partial charge in [0, 0.05) is 46.7 Å². The smallest absolute Gasteiger partial charge is 0.409 e. The van der Waals surface area contributed by atoms with E-state index in [4.69, 9.17) is 18.9 Å². The minimum Gasteiger partial charge on any atom is -0.496 e. The van der Waals surface area contributed by atoms with Gasteiger partial charge in [-0.25, -0.2) is 9.59 Å². The quantitative estimate of drug-likeness (QED) is 0.339. The third kappa shape index (κ3) is 4.24. The maximum Gasteiger partial charge on any atom is 0.409 e. The standard InChI is InChI=1S/C30H33N3O7/c1-30(2)27(39-29(36)32(5)6)26(38-28(35)31(3)4)23-21(40-30)15-20(37-8)22-24(23)33(7)19-14-17-12-10-9-11-16(17)13-18(19)25(22)34/h9-15,26-27H,1-8H3/t26-,27-/m0/s1. The summed E-state index contributed by atoms with van der Waals surface area (Å²) in [6.45, 7) is 3.50. The van der Waals surface area contributed by atoms with Crippen molar-refractivity contribution in [3.63, 3.8) is 0 Å². The van der Waals surface area contributed by atoms with Gasteiger partial charge in [0.15, 0.2) is 12.2 Å². The van der Waals surface area contributed by atoms with E-state index < -0.39 is 30.0 Å². The van der Waals surface area contributed by atoms with Crippen LogP contribution in [0.1, 0.15) is 25.5 Å². The number of hydrogen-bond acceptors (Lipinski definition) is 7. The first-order valence-electron chi connectivity index (χ1n) is 12.9. The molecule has 2 amide bonds. The van der Waals surface area contributed by atoms with Crippen molar-refractivity contribution in [2.75, 3.05) is 35.3 Å². The van der Waals surface area contributed by atoms with Gasteiger partial charge in [-0.05, 0) is 36.8 Å². The second-order valence-corrected chi connectivity index (χ2v) is 10.9. The fraction of sp³-hybridized carbons (Fsp3) is 0.367. The van der Waals surface area contributed by atoms with Crippen LogP contribution >= 0.6 is 0 Å². The molecule has 0 N–H and O–H groups in total. The van der Waals surface area contributed by atoms with Crippen LogP contribution in [0.15, 0.2) is 47.3 Å². The minimum absolute atomic E-state index is 0.238. The highest BCUT2D eigenvalue weighted by Crippen LogP contribution is 2.49. The molecule has 2 heterocycles. The van der Waals surface area contributed by atoms with Gasteiger partial charge in [-0.2, -0.15) is 0 Å². The van der Waals surface area contributed by atoms with E-state index in [1.54, 1.807) is 48.1 Å². The van der Waals surface area contributed by atoms with E-state index in [-0.39, 0.29) is 5.43 Å². The number of aromatic nitrogens is 1. The molecule has 1 aromatic heterocycles. The summed E-state index contributed by atoms with van der Waals surface area (Å²) < 4.78 is 25.9. The first kappa shape index (κ1) is 27.1. The summed E-state index contributed by atoms with van der Waals surface area (Å²) in [7, 11) is 9.58. The van der Waals surface area contributed by atoms with Crippen LogP contribution in [0.5, 0.6) is 11.5 Å². The number of methoxy groups -OCH3 is 1. The highest BCUT2D eigenvalue weighted by molar-refractivity contribution is 6.04. The van der Waals surface area contributed by atoms with Crippen molar-refractivity contribution >= 4 is 44.8 Å². The molecule has 40 heavy (non-hydrogen) atoms. The van der Waals surface area contributed by atoms with Crippen molar-refractivity contribution in [1.29, 1.82) is 0 Å². The van der Waals surface area contributed by atoms with Crippen molar-refractivity contribution in [1.82, 2.24) is 14.4 Å². The van der Waals surface area contributed by atoms with Crippen LogP contribution in [0.4, 0.5) is 9.59 Å². The Morgan fingerprint density at radius 3 is 2.15 bits per heavy atom. The minimum atomic E-state index is -1.11. The molecule has 0 fully saturated rings. The summed E-state index contributed by atoms with van der Waals surface area (Å²) in [4.78, 5) is 42.5. The number of ether oxygens (including phenoxy) is 4. The van der Waals surface area contributed by atoms with Gasteiger partial charge in [0.25, 0.3) is 0 Å². The Morgan fingerprint density at radius 2 is 1.55 bits per heavy atom. The number of pyridine rings is 1. The van der Waals surface area contributed by atoms with Gasteiger partial charge >= 0.3 is 12.2 Å². The summed E-state index contributed by atoms with van der Waals surface area (Å²) >= 11 is 0. The number of rotatable bonds is 3. The molecule has 0 unspecified atom stereocenters. The molecule has 4 aromatic rings. The molecule has 0 saturated heterocycles. The normalized spacial score (nSPS) is 17.7. The molecule has 0 bridgehead atoms. The van der Waals surface area contributed by atoms with E-state index in [9.17, 15) is 14.4 Å². The van der Waals surface area contributed by atoms with Gasteiger partial charge in [-0.3, -0.25) is 4.79 Å². The fourth-order valence-corrected chi connectivity index (χ4v) is 5.28. The molecule has 10 nitrogen and oxygen atoms in total. The molecule has 2 atom stereocenters. The molecule has 0 aliphatic carbocycles. The van der Waals surface area contributed by atoms with Crippen LogP contribution < -0.4 is 14.9 Å². The van der Waals surface area contributed by atoms with Gasteiger partial charge in [0.1, 0.15) is 17.1 Å². The van der Waals surface area contributed by atoms with Crippen molar-refractivity contribution < 1.29 is 28.5 Å². The molecule has 0 radical (unpaired) electrons. The zero-order valence-electron chi connectivity index (χ0n) is 23.9. The molecular formula is C30H33N3O7. The Hall–Kier alpha value is -4.47. The molecule has 5 rings (SSSR count). The van der Waals surface area contributed by atoms with Crippen LogP contribution in [0.25, 0.3) is 32.6 Å². The molecule has 0 spiro atoms. The molecule has 1 aliphatic heterocycles. The fourth-order valence-electron chi connectivity index (χ4n) is 5.28. The highest BCUT2D eigenvalue weighted by Gasteiger charge is 2.51. The maximum atomic E-state index is 14.1. The summed E-state index contributed by atoms with van der Waals surface area (Å²) in [5, 5.41) is 2.72. The van der Waals surface area contributed by atoms with Gasteiger partial charge < -0.3 is 33.3 Å². The molecule has 3 aromatic carbocycles. The lowest BCUT2D eigenvalue weighted by Gasteiger charge is -2.44. The van der Waals surface area contributed by atoms with Crippen LogP contribution in [0.2, 0.25) is 0 Å². The monoisotopic (exact) mass is 547 g/mol. The predicted molar refractivity (Wildman–Crippen MR) is 152 cm³/mol. The molecule has 210 valence electrons. The Kier molecular flexibility index (Phi) is 6.52. The van der Waals surface area contributed by atoms with E-state index in [0.717, 1.165) is 10.8 Å². The molecule has 1 aliphatic rings. The van der Waals surface area contributed by atoms with Crippen LogP contribution in [0.3, 0.4) is 0 Å². The first-order valence-corrected chi connectivity index (χ1v) is 12.9. The van der Waals surface area contributed by atoms with Crippen molar-refractivity contribution in [2.24, 2.45) is 7.05 Å². The number of nitrogens with zero attached hydrogens (tertiary/aromatic N) is 3. The third-order valence-electron chi connectivity index (χ3n) is 7.32. The maximum absolute atomic E-state index is 14.1. The van der Waals surface area contributed by atoms with Crippen LogP contribution in [-0.2, 0) is 16.5 Å². The Balaban J connectivity index is 1.91. The van der Waals surface area contributed by atoms with E-state index in [1.165, 1.54) is 16.9 Å². The largest absolute Gasteiger partial charge is 0.496 e. The van der Waals surface area contributed by atoms with Crippen molar-refractivity contribution in [2.45, 2.75) is 31.7 Å². The summed E-state index contributed by atoms with van der Waals surface area (Å²) in [6.07, 6.45) is -3.41. The number of amides is 2. The topological polar surface area (TPSA) is 99.5 Å². The predicted octanol–water partition coefficient (Wildman–Crippen LogP) is 4.83. The SMILES string of the molecule is COc1cc2c(c3c1c(=O)c1cc4ccccc4cc1n3C)[C@H](OC(=O)N(C)C)[C@H](OC(=O)N(C)C)C(C)(C)O2. The van der Waals surface area contributed by atoms with Crippen LogP contribution in [0, 0.1) is 0 Å². The highest BCUT2D eigenvalue weighted by atomic mass is 16.6. The number of hydrogen-bond donors (Lipinski definition) is 0. The lowest BCUT2D eigenvalue weighted by Crippen LogP contribution is -2.53. The van der Waals surface area contributed by atoms with Crippen molar-refractivity contribution in [3.05, 3.63) is 58.3 Å². The number of carbonyl (C=O) groups excluding carboxylic acids is 2. The number of benzene rings is 3. The van der Waals surface area contributed by atoms with E-state index in [2.05, 4.69) is 0 Å². The molecule has 10 heteroatoms. The number of carbonyl (C=O) groups is 2. The summed E-state index contributed by atoms with van der Waals surface area (Å²) in [5.74, 6) is 0.680. The van der Waals surface area contributed by atoms with E-state index in [1.807, 2.05) is 48.0 Å². The summed E-state index contributed by atoms with van der Waals surface area (Å²) in [5.41, 5.74) is 0.200. The molecular weight excluding hydrogens is 514 g/mol. The number of aryl methyl sites for hydroxylation is 1. The zero-order valence-corrected chi connectivity index (χ0v) is 23.9. The average Bonchev–Trinajstić information content (AvgIpc) is 2.91. The number of fused-ring (bicyclic) bond motifs is 5. The third-order valence-corrected chi connectivity index (χ3v) is 7.32. The summed E-state index contributed by atoms with van der Waals surface area (Å²) in [6, 6.07) is 13.3. The van der Waals surface area contributed by atoms with Gasteiger partial charge in [-0.15, -0.1) is 0 Å². The Morgan fingerprint density at radius 1 is 0.950 bits per heavy atom. The van der Waals surface area contributed by atoms with E-state index >= 15 is 0 Å². The lowest BCUT2D eigenvalue weighted by molar-refractivity contribution is -0.122. The lowest BCUT2D eigenvalue weighted by atomic mass is 9.86. The molecule has 0 saturated carbocycles. The second-order valence-electron chi connectivity index (χ2n) is 10.9.